The van der Waals surface area contributed by atoms with E-state index in [4.69, 9.17) is 5.73 Å². The van der Waals surface area contributed by atoms with Gasteiger partial charge in [0.05, 0.1) is 12.1 Å². The molecule has 110 valence electrons. The molecule has 1 aliphatic carbocycles. The molecule has 0 heterocycles. The van der Waals surface area contributed by atoms with Crippen LogP contribution in [0, 0.1) is 0 Å². The van der Waals surface area contributed by atoms with E-state index in [1.165, 1.54) is 11.1 Å². The zero-order valence-electron chi connectivity index (χ0n) is 12.6. The summed E-state index contributed by atoms with van der Waals surface area (Å²) in [6, 6.07) is 8.31. The van der Waals surface area contributed by atoms with Crippen LogP contribution >= 0.6 is 0 Å². The molecule has 0 aliphatic heterocycles. The van der Waals surface area contributed by atoms with Crippen LogP contribution in [0.25, 0.3) is 0 Å². The van der Waals surface area contributed by atoms with E-state index in [0.717, 1.165) is 38.5 Å². The van der Waals surface area contributed by atoms with Gasteiger partial charge in [0.1, 0.15) is 0 Å². The van der Waals surface area contributed by atoms with Crippen molar-refractivity contribution in [3.8, 4) is 0 Å². The predicted molar refractivity (Wildman–Crippen MR) is 82.4 cm³/mol. The van der Waals surface area contributed by atoms with Crippen LogP contribution in [-0.4, -0.2) is 23.9 Å². The normalized spacial score (nSPS) is 19.2. The maximum absolute atomic E-state index is 12.5. The Morgan fingerprint density at radius 1 is 1.45 bits per heavy atom. The smallest absolute Gasteiger partial charge is 0.239 e. The number of hydrogen-bond donors (Lipinski definition) is 1. The number of rotatable bonds is 5. The molecule has 0 spiro atoms. The highest BCUT2D eigenvalue weighted by atomic mass is 16.2. The first-order valence-electron chi connectivity index (χ1n) is 7.75. The molecule has 1 aliphatic rings. The van der Waals surface area contributed by atoms with Crippen molar-refractivity contribution in [3.05, 3.63) is 35.4 Å². The van der Waals surface area contributed by atoms with Gasteiger partial charge in [0.2, 0.25) is 5.91 Å². The lowest BCUT2D eigenvalue weighted by Gasteiger charge is -2.34. The summed E-state index contributed by atoms with van der Waals surface area (Å²) < 4.78 is 0. The van der Waals surface area contributed by atoms with Crippen molar-refractivity contribution < 1.29 is 4.79 Å². The van der Waals surface area contributed by atoms with Crippen LogP contribution < -0.4 is 5.73 Å². The number of hydrogen-bond acceptors (Lipinski definition) is 2. The van der Waals surface area contributed by atoms with Gasteiger partial charge in [-0.25, -0.2) is 0 Å². The van der Waals surface area contributed by atoms with E-state index in [2.05, 4.69) is 31.2 Å². The Balaban J connectivity index is 2.10. The van der Waals surface area contributed by atoms with E-state index in [9.17, 15) is 4.79 Å². The van der Waals surface area contributed by atoms with Gasteiger partial charge in [0.15, 0.2) is 0 Å². The summed E-state index contributed by atoms with van der Waals surface area (Å²) in [5.41, 5.74) is 8.72. The van der Waals surface area contributed by atoms with Crippen LogP contribution in [0.1, 0.15) is 56.2 Å². The van der Waals surface area contributed by atoms with E-state index >= 15 is 0 Å². The average Bonchev–Trinajstić information content (AvgIpc) is 2.50. The second-order valence-electron chi connectivity index (χ2n) is 5.80. The van der Waals surface area contributed by atoms with E-state index in [-0.39, 0.29) is 18.0 Å². The Bertz CT molecular complexity index is 458. The number of benzene rings is 1. The van der Waals surface area contributed by atoms with E-state index < -0.39 is 0 Å². The summed E-state index contributed by atoms with van der Waals surface area (Å²) in [5, 5.41) is 0. The van der Waals surface area contributed by atoms with Gasteiger partial charge in [-0.1, -0.05) is 44.0 Å². The van der Waals surface area contributed by atoms with Gasteiger partial charge in [-0.3, -0.25) is 4.79 Å². The number of carbonyl (C=O) groups is 1. The molecule has 2 atom stereocenters. The summed E-state index contributed by atoms with van der Waals surface area (Å²) in [5.74, 6) is 0.0835. The Hall–Kier alpha value is -1.35. The second-order valence-corrected chi connectivity index (χ2v) is 5.80. The predicted octanol–water partition coefficient (Wildman–Crippen LogP) is 3.04. The molecule has 2 rings (SSSR count). The molecule has 2 N–H and O–H groups in total. The van der Waals surface area contributed by atoms with Crippen LogP contribution in [0.15, 0.2) is 24.3 Å². The molecule has 3 heteroatoms. The van der Waals surface area contributed by atoms with Crippen molar-refractivity contribution in [2.24, 2.45) is 5.73 Å². The Morgan fingerprint density at radius 2 is 2.20 bits per heavy atom. The van der Waals surface area contributed by atoms with E-state index in [1.54, 1.807) is 0 Å². The van der Waals surface area contributed by atoms with Gasteiger partial charge in [-0.2, -0.15) is 0 Å². The minimum absolute atomic E-state index is 0.0835. The summed E-state index contributed by atoms with van der Waals surface area (Å²) in [4.78, 5) is 14.3. The molecule has 0 saturated carbocycles. The Morgan fingerprint density at radius 3 is 2.95 bits per heavy atom. The van der Waals surface area contributed by atoms with Gasteiger partial charge in [0.25, 0.3) is 0 Å². The maximum Gasteiger partial charge on any atom is 0.239 e. The zero-order chi connectivity index (χ0) is 14.5. The highest BCUT2D eigenvalue weighted by molar-refractivity contribution is 5.81. The third-order valence-electron chi connectivity index (χ3n) is 4.34. The number of likely N-dealkylation sites (N-methyl/N-ethyl adjacent to an activating group) is 1. The lowest BCUT2D eigenvalue weighted by atomic mass is 9.86. The first-order chi connectivity index (χ1) is 9.65. The molecule has 20 heavy (non-hydrogen) atoms. The summed E-state index contributed by atoms with van der Waals surface area (Å²) in [6.07, 6.45) is 6.19. The highest BCUT2D eigenvalue weighted by Crippen LogP contribution is 2.33. The Kier molecular flexibility index (Phi) is 5.18. The maximum atomic E-state index is 12.5. The van der Waals surface area contributed by atoms with Gasteiger partial charge >= 0.3 is 0 Å². The largest absolute Gasteiger partial charge is 0.337 e. The molecular weight excluding hydrogens is 248 g/mol. The van der Waals surface area contributed by atoms with Crippen LogP contribution in [0.5, 0.6) is 0 Å². The van der Waals surface area contributed by atoms with Gasteiger partial charge in [0, 0.05) is 7.05 Å². The molecule has 0 fully saturated rings. The van der Waals surface area contributed by atoms with Crippen molar-refractivity contribution in [3.63, 3.8) is 0 Å². The van der Waals surface area contributed by atoms with Gasteiger partial charge in [-0.15, -0.1) is 0 Å². The van der Waals surface area contributed by atoms with Crippen LogP contribution in [0.4, 0.5) is 0 Å². The number of nitrogens with zero attached hydrogens (tertiary/aromatic N) is 1. The van der Waals surface area contributed by atoms with Crippen molar-refractivity contribution in [2.45, 2.75) is 57.5 Å². The van der Waals surface area contributed by atoms with E-state index in [1.807, 2.05) is 11.9 Å². The number of fused-ring (bicyclic) bond motifs is 1. The van der Waals surface area contributed by atoms with Gasteiger partial charge < -0.3 is 10.6 Å². The van der Waals surface area contributed by atoms with Crippen molar-refractivity contribution in [2.75, 3.05) is 7.05 Å². The Labute approximate surface area is 122 Å². The second kappa shape index (κ2) is 6.89. The fourth-order valence-corrected chi connectivity index (χ4v) is 3.09. The number of aryl methyl sites for hydroxylation is 1. The number of unbranched alkanes of at least 4 members (excludes halogenated alkanes) is 1. The van der Waals surface area contributed by atoms with Crippen LogP contribution in [0.2, 0.25) is 0 Å². The summed E-state index contributed by atoms with van der Waals surface area (Å²) in [7, 11) is 1.90. The van der Waals surface area contributed by atoms with Crippen molar-refractivity contribution >= 4 is 5.91 Å². The number of amides is 1. The molecule has 1 amide bonds. The minimum atomic E-state index is -0.353. The monoisotopic (exact) mass is 274 g/mol. The summed E-state index contributed by atoms with van der Waals surface area (Å²) in [6.45, 7) is 2.12. The molecule has 0 bridgehead atoms. The quantitative estimate of drug-likeness (QED) is 0.897. The lowest BCUT2D eigenvalue weighted by Crippen LogP contribution is -2.44. The zero-order valence-corrected chi connectivity index (χ0v) is 12.6. The molecule has 0 saturated heterocycles. The van der Waals surface area contributed by atoms with Crippen molar-refractivity contribution in [1.29, 1.82) is 0 Å². The molecule has 3 nitrogen and oxygen atoms in total. The highest BCUT2D eigenvalue weighted by Gasteiger charge is 2.28. The summed E-state index contributed by atoms with van der Waals surface area (Å²) >= 11 is 0. The molecule has 1 aromatic carbocycles. The SMILES string of the molecule is CCCCC(N)C(=O)N(C)C1CCCc2ccccc21. The first kappa shape index (κ1) is 15.0. The molecule has 0 radical (unpaired) electrons. The van der Waals surface area contributed by atoms with E-state index in [0.29, 0.717) is 0 Å². The lowest BCUT2D eigenvalue weighted by molar-refractivity contribution is -0.134. The number of nitrogens with two attached hydrogens (primary N) is 1. The van der Waals surface area contributed by atoms with Gasteiger partial charge in [-0.05, 0) is 36.8 Å². The third-order valence-corrected chi connectivity index (χ3v) is 4.34. The van der Waals surface area contributed by atoms with Crippen molar-refractivity contribution in [1.82, 2.24) is 4.90 Å². The molecule has 1 aromatic rings. The average molecular weight is 274 g/mol. The van der Waals surface area contributed by atoms with Crippen LogP contribution in [0.3, 0.4) is 0 Å². The van der Waals surface area contributed by atoms with Crippen LogP contribution in [-0.2, 0) is 11.2 Å². The topological polar surface area (TPSA) is 46.3 Å². The fourth-order valence-electron chi connectivity index (χ4n) is 3.09. The molecule has 0 aromatic heterocycles. The molecular formula is C17H26N2O. The fraction of sp³-hybridized carbons (Fsp3) is 0.588. The molecule has 2 unspecified atom stereocenters. The standard InChI is InChI=1S/C17H26N2O/c1-3-4-11-15(18)17(20)19(2)16-12-7-9-13-8-5-6-10-14(13)16/h5-6,8,10,15-16H,3-4,7,9,11-12,18H2,1-2H3. The number of carbonyl (C=O) groups excluding carboxylic acids is 1. The third kappa shape index (κ3) is 3.21. The first-order valence-corrected chi connectivity index (χ1v) is 7.75. The minimum Gasteiger partial charge on any atom is -0.337 e.